The van der Waals surface area contributed by atoms with Gasteiger partial charge in [0.1, 0.15) is 0 Å². The number of nitrogens with one attached hydrogen (secondary N) is 1. The molecule has 0 bridgehead atoms. The van der Waals surface area contributed by atoms with E-state index in [1.165, 1.54) is 0 Å². The van der Waals surface area contributed by atoms with Gasteiger partial charge in [0, 0.05) is 5.02 Å². The average molecular weight is 269 g/mol. The Hall–Kier alpha value is -1.06. The zero-order valence-electron chi connectivity index (χ0n) is 11.1. The number of hydrogen-bond donors (Lipinski definition) is 2. The van der Waals surface area contributed by atoms with Crippen molar-refractivity contribution in [3.05, 3.63) is 34.9 Å². The zero-order valence-corrected chi connectivity index (χ0v) is 11.9. The van der Waals surface area contributed by atoms with Gasteiger partial charge in [0.2, 0.25) is 5.91 Å². The van der Waals surface area contributed by atoms with E-state index in [9.17, 15) is 4.79 Å². The summed E-state index contributed by atoms with van der Waals surface area (Å²) in [5, 5.41) is 3.61. The van der Waals surface area contributed by atoms with Gasteiger partial charge >= 0.3 is 0 Å². The lowest BCUT2D eigenvalue weighted by atomic mass is 9.98. The monoisotopic (exact) mass is 268 g/mol. The number of amides is 1. The molecule has 3 nitrogen and oxygen atoms in total. The Kier molecular flexibility index (Phi) is 5.63. The molecular formula is C14H21ClN2O. The van der Waals surface area contributed by atoms with Gasteiger partial charge in [-0.3, -0.25) is 4.79 Å². The second kappa shape index (κ2) is 6.76. The van der Waals surface area contributed by atoms with Crippen molar-refractivity contribution in [1.82, 2.24) is 5.32 Å². The third kappa shape index (κ3) is 4.00. The first-order chi connectivity index (χ1) is 8.45. The number of benzene rings is 1. The summed E-state index contributed by atoms with van der Waals surface area (Å²) in [7, 11) is 0. The summed E-state index contributed by atoms with van der Waals surface area (Å²) in [4.78, 5) is 11.9. The van der Waals surface area contributed by atoms with E-state index in [4.69, 9.17) is 17.3 Å². The van der Waals surface area contributed by atoms with Crippen LogP contribution in [-0.4, -0.2) is 11.9 Å². The van der Waals surface area contributed by atoms with Gasteiger partial charge in [0.25, 0.3) is 0 Å². The van der Waals surface area contributed by atoms with Crippen LogP contribution in [0.5, 0.6) is 0 Å². The quantitative estimate of drug-likeness (QED) is 0.863. The minimum absolute atomic E-state index is 0.0649. The molecule has 1 aromatic rings. The molecule has 0 saturated heterocycles. The summed E-state index contributed by atoms with van der Waals surface area (Å²) in [6, 6.07) is 6.92. The summed E-state index contributed by atoms with van der Waals surface area (Å²) in [5.74, 6) is 0.0780. The number of hydrogen-bond acceptors (Lipinski definition) is 2. The van der Waals surface area contributed by atoms with E-state index in [2.05, 4.69) is 5.32 Å². The van der Waals surface area contributed by atoms with Crippen LogP contribution in [0.3, 0.4) is 0 Å². The van der Waals surface area contributed by atoms with Crippen molar-refractivity contribution in [2.45, 2.75) is 39.3 Å². The summed E-state index contributed by atoms with van der Waals surface area (Å²) >= 11 is 5.83. The fraction of sp³-hybridized carbons (Fsp3) is 0.500. The molecule has 100 valence electrons. The van der Waals surface area contributed by atoms with E-state index in [0.717, 1.165) is 12.0 Å². The predicted molar refractivity (Wildman–Crippen MR) is 75.4 cm³/mol. The van der Waals surface area contributed by atoms with Gasteiger partial charge < -0.3 is 11.1 Å². The van der Waals surface area contributed by atoms with Gasteiger partial charge in [0.15, 0.2) is 0 Å². The van der Waals surface area contributed by atoms with Crippen molar-refractivity contribution in [1.29, 1.82) is 0 Å². The van der Waals surface area contributed by atoms with Gasteiger partial charge in [-0.15, -0.1) is 0 Å². The molecule has 1 amide bonds. The van der Waals surface area contributed by atoms with Crippen LogP contribution in [0, 0.1) is 5.92 Å². The van der Waals surface area contributed by atoms with Crippen LogP contribution in [0.15, 0.2) is 24.3 Å². The largest absolute Gasteiger partial charge is 0.348 e. The van der Waals surface area contributed by atoms with E-state index in [1.54, 1.807) is 0 Å². The summed E-state index contributed by atoms with van der Waals surface area (Å²) < 4.78 is 0. The fourth-order valence-electron chi connectivity index (χ4n) is 1.66. The normalized spacial score (nSPS) is 15.8. The molecule has 3 atom stereocenters. The number of carbonyl (C=O) groups excluding carboxylic acids is 1. The molecule has 0 aliphatic heterocycles. The molecular weight excluding hydrogens is 248 g/mol. The highest BCUT2D eigenvalue weighted by Crippen LogP contribution is 2.16. The maximum Gasteiger partial charge on any atom is 0.237 e. The Morgan fingerprint density at radius 2 is 1.89 bits per heavy atom. The van der Waals surface area contributed by atoms with Gasteiger partial charge in [-0.05, 0) is 30.5 Å². The Balaban J connectivity index is 2.61. The Morgan fingerprint density at radius 3 is 2.39 bits per heavy atom. The third-order valence-corrected chi connectivity index (χ3v) is 3.54. The maximum atomic E-state index is 11.9. The number of halogens is 1. The first-order valence-electron chi connectivity index (χ1n) is 6.27. The first kappa shape index (κ1) is 15.0. The minimum Gasteiger partial charge on any atom is -0.348 e. The second-order valence-electron chi connectivity index (χ2n) is 4.69. The Bertz CT molecular complexity index is 391. The highest BCUT2D eigenvalue weighted by molar-refractivity contribution is 6.30. The molecule has 1 rings (SSSR count). The van der Waals surface area contributed by atoms with E-state index >= 15 is 0 Å². The molecule has 0 aliphatic rings. The van der Waals surface area contributed by atoms with Crippen LogP contribution in [0.2, 0.25) is 5.02 Å². The minimum atomic E-state index is -0.454. The second-order valence-corrected chi connectivity index (χ2v) is 5.13. The SMILES string of the molecule is CCC(C)C(N)C(=O)N[C@H](C)c1ccc(Cl)cc1. The number of rotatable bonds is 5. The summed E-state index contributed by atoms with van der Waals surface area (Å²) in [5.41, 5.74) is 6.91. The molecule has 18 heavy (non-hydrogen) atoms. The molecule has 0 aromatic heterocycles. The van der Waals surface area contributed by atoms with Crippen molar-refractivity contribution in [2.75, 3.05) is 0 Å². The van der Waals surface area contributed by atoms with Crippen LogP contribution in [0.1, 0.15) is 38.8 Å². The predicted octanol–water partition coefficient (Wildman–Crippen LogP) is 2.89. The topological polar surface area (TPSA) is 55.1 Å². The molecule has 0 saturated carbocycles. The van der Waals surface area contributed by atoms with E-state index in [0.29, 0.717) is 5.02 Å². The Labute approximate surface area is 114 Å². The average Bonchev–Trinajstić information content (AvgIpc) is 2.37. The Morgan fingerprint density at radius 1 is 1.33 bits per heavy atom. The van der Waals surface area contributed by atoms with Gasteiger partial charge in [0.05, 0.1) is 12.1 Å². The van der Waals surface area contributed by atoms with Crippen molar-refractivity contribution in [3.8, 4) is 0 Å². The van der Waals surface area contributed by atoms with Crippen molar-refractivity contribution in [3.63, 3.8) is 0 Å². The van der Waals surface area contributed by atoms with E-state index in [1.807, 2.05) is 45.0 Å². The highest BCUT2D eigenvalue weighted by Gasteiger charge is 2.21. The lowest BCUT2D eigenvalue weighted by molar-refractivity contribution is -0.124. The standard InChI is InChI=1S/C14H21ClN2O/c1-4-9(2)13(16)14(18)17-10(3)11-5-7-12(15)8-6-11/h5-10,13H,4,16H2,1-3H3,(H,17,18)/t9?,10-,13?/m1/s1. The third-order valence-electron chi connectivity index (χ3n) is 3.29. The maximum absolute atomic E-state index is 11.9. The molecule has 2 unspecified atom stereocenters. The zero-order chi connectivity index (χ0) is 13.7. The first-order valence-corrected chi connectivity index (χ1v) is 6.65. The summed E-state index contributed by atoms with van der Waals surface area (Å²) in [6.45, 7) is 5.95. The van der Waals surface area contributed by atoms with Crippen LogP contribution in [-0.2, 0) is 4.79 Å². The molecule has 0 heterocycles. The van der Waals surface area contributed by atoms with E-state index < -0.39 is 6.04 Å². The van der Waals surface area contributed by atoms with Crippen molar-refractivity contribution in [2.24, 2.45) is 11.7 Å². The molecule has 0 fully saturated rings. The lowest BCUT2D eigenvalue weighted by Gasteiger charge is -2.21. The van der Waals surface area contributed by atoms with Gasteiger partial charge in [-0.2, -0.15) is 0 Å². The lowest BCUT2D eigenvalue weighted by Crippen LogP contribution is -2.45. The molecule has 0 radical (unpaired) electrons. The smallest absolute Gasteiger partial charge is 0.237 e. The molecule has 4 heteroatoms. The van der Waals surface area contributed by atoms with Gasteiger partial charge in [-0.1, -0.05) is 44.0 Å². The van der Waals surface area contributed by atoms with Crippen LogP contribution in [0.4, 0.5) is 0 Å². The highest BCUT2D eigenvalue weighted by atomic mass is 35.5. The van der Waals surface area contributed by atoms with Crippen LogP contribution < -0.4 is 11.1 Å². The summed E-state index contributed by atoms with van der Waals surface area (Å²) in [6.07, 6.45) is 0.893. The van der Waals surface area contributed by atoms with Crippen LogP contribution >= 0.6 is 11.6 Å². The molecule has 0 spiro atoms. The van der Waals surface area contributed by atoms with Crippen molar-refractivity contribution < 1.29 is 4.79 Å². The van der Waals surface area contributed by atoms with Gasteiger partial charge in [-0.25, -0.2) is 0 Å². The number of nitrogens with two attached hydrogens (primary N) is 1. The van der Waals surface area contributed by atoms with Crippen molar-refractivity contribution >= 4 is 17.5 Å². The fourth-order valence-corrected chi connectivity index (χ4v) is 1.78. The molecule has 1 aromatic carbocycles. The van der Waals surface area contributed by atoms with E-state index in [-0.39, 0.29) is 17.9 Å². The number of carbonyl (C=O) groups is 1. The van der Waals surface area contributed by atoms with Crippen LogP contribution in [0.25, 0.3) is 0 Å². The molecule has 0 aliphatic carbocycles. The molecule has 3 N–H and O–H groups in total.